The fourth-order valence-corrected chi connectivity index (χ4v) is 4.55. The van der Waals surface area contributed by atoms with E-state index in [0.717, 1.165) is 63.7 Å². The zero-order valence-corrected chi connectivity index (χ0v) is 17.2. The van der Waals surface area contributed by atoms with Crippen LogP contribution in [-0.2, 0) is 6.54 Å². The number of likely N-dealkylation sites (N-methyl/N-ethyl adjacent to an activating group) is 1. The molecule has 152 valence electrons. The van der Waals surface area contributed by atoms with Gasteiger partial charge in [0.1, 0.15) is 0 Å². The average molecular weight is 384 g/mol. The lowest BCUT2D eigenvalue weighted by molar-refractivity contribution is 0.116. The Balaban J connectivity index is 1.38. The van der Waals surface area contributed by atoms with Gasteiger partial charge in [-0.05, 0) is 37.9 Å². The molecule has 0 unspecified atom stereocenters. The van der Waals surface area contributed by atoms with Crippen molar-refractivity contribution < 1.29 is 5.11 Å². The van der Waals surface area contributed by atoms with Gasteiger partial charge in [0.25, 0.3) is 0 Å². The van der Waals surface area contributed by atoms with E-state index in [2.05, 4.69) is 47.0 Å². The Bertz CT molecular complexity index is 754. The molecule has 0 saturated carbocycles. The number of hydrogen-bond donors (Lipinski definition) is 1. The number of aliphatic hydroxyl groups excluding tert-OH is 1. The molecule has 1 aromatic heterocycles. The van der Waals surface area contributed by atoms with Crippen molar-refractivity contribution in [2.75, 3.05) is 59.5 Å². The molecule has 3 heterocycles. The number of piperazine rings is 1. The fourth-order valence-electron chi connectivity index (χ4n) is 4.55. The zero-order chi connectivity index (χ0) is 19.5. The SMILES string of the molecule is Cc1nn(-c2ccccc2)cc1CN1C[C@@H](CN2CCN(C)CC2)[C@@H](CO)C1. The van der Waals surface area contributed by atoms with Gasteiger partial charge in [0.2, 0.25) is 0 Å². The first kappa shape index (κ1) is 19.6. The molecule has 2 aliphatic rings. The van der Waals surface area contributed by atoms with E-state index in [1.807, 2.05) is 22.9 Å². The number of para-hydroxylation sites is 1. The maximum atomic E-state index is 9.93. The first-order chi connectivity index (χ1) is 13.6. The van der Waals surface area contributed by atoms with Gasteiger partial charge in [-0.15, -0.1) is 0 Å². The minimum absolute atomic E-state index is 0.289. The summed E-state index contributed by atoms with van der Waals surface area (Å²) < 4.78 is 1.98. The van der Waals surface area contributed by atoms with E-state index in [-0.39, 0.29) is 6.61 Å². The molecule has 1 aromatic carbocycles. The Hall–Kier alpha value is -1.73. The number of hydrogen-bond acceptors (Lipinski definition) is 5. The quantitative estimate of drug-likeness (QED) is 0.819. The van der Waals surface area contributed by atoms with Crippen molar-refractivity contribution in [3.63, 3.8) is 0 Å². The van der Waals surface area contributed by atoms with Crippen LogP contribution in [0.4, 0.5) is 0 Å². The minimum atomic E-state index is 0.289. The van der Waals surface area contributed by atoms with Crippen LogP contribution in [0.15, 0.2) is 36.5 Å². The molecule has 0 radical (unpaired) electrons. The molecular weight excluding hydrogens is 350 g/mol. The Labute approximate surface area is 168 Å². The van der Waals surface area contributed by atoms with E-state index in [1.165, 1.54) is 5.56 Å². The summed E-state index contributed by atoms with van der Waals surface area (Å²) in [5.41, 5.74) is 3.46. The van der Waals surface area contributed by atoms with Crippen LogP contribution in [-0.4, -0.2) is 89.1 Å². The fraction of sp³-hybridized carbons (Fsp3) is 0.591. The van der Waals surface area contributed by atoms with Crippen LogP contribution in [0.3, 0.4) is 0 Å². The van der Waals surface area contributed by atoms with Crippen LogP contribution in [0.5, 0.6) is 0 Å². The molecule has 28 heavy (non-hydrogen) atoms. The highest BCUT2D eigenvalue weighted by atomic mass is 16.3. The number of aliphatic hydroxyl groups is 1. The second kappa shape index (κ2) is 8.74. The number of benzene rings is 1. The lowest BCUT2D eigenvalue weighted by Gasteiger charge is -2.34. The van der Waals surface area contributed by atoms with Crippen molar-refractivity contribution in [2.45, 2.75) is 13.5 Å². The molecule has 2 saturated heterocycles. The molecule has 2 atom stereocenters. The molecular formula is C22H33N5O. The molecule has 0 bridgehead atoms. The largest absolute Gasteiger partial charge is 0.396 e. The molecule has 2 aliphatic heterocycles. The molecule has 0 aliphatic carbocycles. The molecule has 6 nitrogen and oxygen atoms in total. The first-order valence-corrected chi connectivity index (χ1v) is 10.5. The third-order valence-electron chi connectivity index (χ3n) is 6.39. The second-order valence-electron chi connectivity index (χ2n) is 8.52. The van der Waals surface area contributed by atoms with Gasteiger partial charge in [0.05, 0.1) is 11.4 Å². The maximum Gasteiger partial charge on any atom is 0.0645 e. The highest BCUT2D eigenvalue weighted by Crippen LogP contribution is 2.26. The third-order valence-corrected chi connectivity index (χ3v) is 6.39. The first-order valence-electron chi connectivity index (χ1n) is 10.5. The molecule has 2 aromatic rings. The van der Waals surface area contributed by atoms with Gasteiger partial charge < -0.3 is 14.9 Å². The topological polar surface area (TPSA) is 47.8 Å². The van der Waals surface area contributed by atoms with Gasteiger partial charge >= 0.3 is 0 Å². The summed E-state index contributed by atoms with van der Waals surface area (Å²) in [4.78, 5) is 7.48. The summed E-state index contributed by atoms with van der Waals surface area (Å²) >= 11 is 0. The molecule has 2 fully saturated rings. The van der Waals surface area contributed by atoms with E-state index in [1.54, 1.807) is 0 Å². The van der Waals surface area contributed by atoms with Crippen molar-refractivity contribution in [3.05, 3.63) is 47.8 Å². The number of nitrogens with zero attached hydrogens (tertiary/aromatic N) is 5. The van der Waals surface area contributed by atoms with Crippen molar-refractivity contribution in [1.29, 1.82) is 0 Å². The lowest BCUT2D eigenvalue weighted by Crippen LogP contribution is -2.47. The Morgan fingerprint density at radius 3 is 2.43 bits per heavy atom. The van der Waals surface area contributed by atoms with Crippen LogP contribution < -0.4 is 0 Å². The predicted octanol–water partition coefficient (Wildman–Crippen LogP) is 1.47. The normalized spacial score (nSPS) is 24.8. The number of aromatic nitrogens is 2. The number of rotatable bonds is 6. The highest BCUT2D eigenvalue weighted by Gasteiger charge is 2.34. The monoisotopic (exact) mass is 383 g/mol. The lowest BCUT2D eigenvalue weighted by atomic mass is 9.96. The maximum absolute atomic E-state index is 9.93. The standard InChI is InChI=1S/C22H33N5O/c1-18-19(16-27(23-18)22-6-4-3-5-7-22)12-26-14-20(21(15-26)17-28)13-25-10-8-24(2)9-11-25/h3-7,16,20-21,28H,8-15,17H2,1-2H3/t20-,21-/m1/s1. The van der Waals surface area contributed by atoms with E-state index in [4.69, 9.17) is 5.10 Å². The summed E-state index contributed by atoms with van der Waals surface area (Å²) in [7, 11) is 2.20. The Kier molecular flexibility index (Phi) is 6.11. The second-order valence-corrected chi connectivity index (χ2v) is 8.52. The van der Waals surface area contributed by atoms with Gasteiger partial charge in [-0.1, -0.05) is 18.2 Å². The van der Waals surface area contributed by atoms with Crippen molar-refractivity contribution in [2.24, 2.45) is 11.8 Å². The van der Waals surface area contributed by atoms with Crippen molar-refractivity contribution >= 4 is 0 Å². The summed E-state index contributed by atoms with van der Waals surface area (Å²) in [6.07, 6.45) is 2.16. The molecule has 0 amide bonds. The van der Waals surface area contributed by atoms with Crippen LogP contribution >= 0.6 is 0 Å². The zero-order valence-electron chi connectivity index (χ0n) is 17.2. The summed E-state index contributed by atoms with van der Waals surface area (Å²) in [5, 5.41) is 14.6. The summed E-state index contributed by atoms with van der Waals surface area (Å²) in [6.45, 7) is 11.0. The van der Waals surface area contributed by atoms with Gasteiger partial charge in [0.15, 0.2) is 0 Å². The Morgan fingerprint density at radius 2 is 1.71 bits per heavy atom. The third kappa shape index (κ3) is 4.46. The smallest absolute Gasteiger partial charge is 0.0645 e. The minimum Gasteiger partial charge on any atom is -0.396 e. The van der Waals surface area contributed by atoms with Crippen LogP contribution in [0.25, 0.3) is 5.69 Å². The van der Waals surface area contributed by atoms with E-state index >= 15 is 0 Å². The van der Waals surface area contributed by atoms with Gasteiger partial charge in [-0.25, -0.2) is 4.68 Å². The molecule has 4 rings (SSSR count). The average Bonchev–Trinajstić information content (AvgIpc) is 3.27. The van der Waals surface area contributed by atoms with Gasteiger partial charge in [-0.3, -0.25) is 4.90 Å². The Morgan fingerprint density at radius 1 is 1.00 bits per heavy atom. The van der Waals surface area contributed by atoms with Crippen molar-refractivity contribution in [3.8, 4) is 5.69 Å². The van der Waals surface area contributed by atoms with Crippen LogP contribution in [0, 0.1) is 18.8 Å². The molecule has 0 spiro atoms. The number of likely N-dealkylation sites (tertiary alicyclic amines) is 1. The van der Waals surface area contributed by atoms with E-state index in [0.29, 0.717) is 11.8 Å². The van der Waals surface area contributed by atoms with Gasteiger partial charge in [0, 0.05) is 70.7 Å². The van der Waals surface area contributed by atoms with E-state index in [9.17, 15) is 5.11 Å². The molecule has 1 N–H and O–H groups in total. The number of aryl methyl sites for hydroxylation is 1. The summed E-state index contributed by atoms with van der Waals surface area (Å²) in [6, 6.07) is 10.3. The van der Waals surface area contributed by atoms with E-state index < -0.39 is 0 Å². The van der Waals surface area contributed by atoms with Crippen LogP contribution in [0.1, 0.15) is 11.3 Å². The van der Waals surface area contributed by atoms with Crippen molar-refractivity contribution in [1.82, 2.24) is 24.5 Å². The highest BCUT2D eigenvalue weighted by molar-refractivity contribution is 5.32. The van der Waals surface area contributed by atoms with Gasteiger partial charge in [-0.2, -0.15) is 5.10 Å². The molecule has 6 heteroatoms. The van der Waals surface area contributed by atoms with Crippen LogP contribution in [0.2, 0.25) is 0 Å². The summed E-state index contributed by atoms with van der Waals surface area (Å²) in [5.74, 6) is 0.932. The predicted molar refractivity (Wildman–Crippen MR) is 112 cm³/mol.